The number of aromatic nitrogens is 3. The lowest BCUT2D eigenvalue weighted by atomic mass is 10.1. The van der Waals surface area contributed by atoms with E-state index >= 15 is 0 Å². The molecule has 5 nitrogen and oxygen atoms in total. The average Bonchev–Trinajstić information content (AvgIpc) is 2.91. The summed E-state index contributed by atoms with van der Waals surface area (Å²) in [7, 11) is 0. The van der Waals surface area contributed by atoms with Crippen LogP contribution in [0.15, 0.2) is 48.9 Å². The Morgan fingerprint density at radius 2 is 1.86 bits per heavy atom. The first kappa shape index (κ1) is 14.1. The number of benzene rings is 1. The second kappa shape index (κ2) is 5.14. The van der Waals surface area contributed by atoms with E-state index in [0.717, 1.165) is 11.3 Å². The largest absolute Gasteiger partial charge is 0.471 e. The van der Waals surface area contributed by atoms with Crippen molar-refractivity contribution in [3.8, 4) is 11.3 Å². The van der Waals surface area contributed by atoms with Crippen molar-refractivity contribution in [2.75, 3.05) is 5.32 Å². The van der Waals surface area contributed by atoms with Crippen molar-refractivity contribution in [2.45, 2.75) is 6.18 Å². The quantitative estimate of drug-likeness (QED) is 0.792. The molecule has 0 radical (unpaired) electrons. The van der Waals surface area contributed by atoms with Crippen molar-refractivity contribution >= 4 is 17.4 Å². The minimum atomic E-state index is -4.91. The van der Waals surface area contributed by atoms with Gasteiger partial charge in [-0.05, 0) is 18.2 Å². The SMILES string of the molecule is O=C(Nc1ccc(-c2cnc3ncccn23)cc1)C(F)(F)F. The van der Waals surface area contributed by atoms with Gasteiger partial charge in [0.25, 0.3) is 0 Å². The molecule has 0 unspecified atom stereocenters. The first-order valence-corrected chi connectivity index (χ1v) is 6.22. The summed E-state index contributed by atoms with van der Waals surface area (Å²) in [6, 6.07) is 7.74. The summed E-state index contributed by atoms with van der Waals surface area (Å²) in [6.07, 6.45) is 0.101. The van der Waals surface area contributed by atoms with Crippen LogP contribution in [-0.2, 0) is 4.79 Å². The number of alkyl halides is 3. The van der Waals surface area contributed by atoms with Crippen LogP contribution in [0.25, 0.3) is 17.0 Å². The number of carbonyl (C=O) groups is 1. The second-order valence-corrected chi connectivity index (χ2v) is 4.46. The highest BCUT2D eigenvalue weighted by atomic mass is 19.4. The molecule has 0 aliphatic heterocycles. The fourth-order valence-corrected chi connectivity index (χ4v) is 1.97. The van der Waals surface area contributed by atoms with Crippen LogP contribution < -0.4 is 5.32 Å². The number of hydrogen-bond donors (Lipinski definition) is 1. The summed E-state index contributed by atoms with van der Waals surface area (Å²) in [4.78, 5) is 19.1. The third-order valence-corrected chi connectivity index (χ3v) is 2.98. The molecule has 8 heteroatoms. The number of fused-ring (bicyclic) bond motifs is 1. The van der Waals surface area contributed by atoms with Gasteiger partial charge in [0.2, 0.25) is 5.78 Å². The van der Waals surface area contributed by atoms with Gasteiger partial charge < -0.3 is 5.32 Å². The molecule has 0 spiro atoms. The van der Waals surface area contributed by atoms with Gasteiger partial charge in [-0.3, -0.25) is 9.20 Å². The number of nitrogens with zero attached hydrogens (tertiary/aromatic N) is 3. The lowest BCUT2D eigenvalue weighted by Crippen LogP contribution is -2.29. The lowest BCUT2D eigenvalue weighted by molar-refractivity contribution is -0.167. The molecule has 112 valence electrons. The number of rotatable bonds is 2. The Labute approximate surface area is 122 Å². The number of nitrogens with one attached hydrogen (secondary N) is 1. The number of halogens is 3. The van der Waals surface area contributed by atoms with Gasteiger partial charge in [-0.1, -0.05) is 12.1 Å². The van der Waals surface area contributed by atoms with E-state index in [0.29, 0.717) is 5.78 Å². The second-order valence-electron chi connectivity index (χ2n) is 4.46. The van der Waals surface area contributed by atoms with Crippen LogP contribution in [0, 0.1) is 0 Å². The number of amides is 1. The Bertz CT molecular complexity index is 824. The Morgan fingerprint density at radius 3 is 2.55 bits per heavy atom. The molecule has 1 amide bonds. The summed E-state index contributed by atoms with van der Waals surface area (Å²) in [5.41, 5.74) is 1.56. The van der Waals surface area contributed by atoms with Crippen molar-refractivity contribution in [3.05, 3.63) is 48.9 Å². The molecule has 0 atom stereocenters. The molecule has 0 fully saturated rings. The van der Waals surface area contributed by atoms with E-state index < -0.39 is 12.1 Å². The molecule has 3 rings (SSSR count). The molecule has 0 saturated carbocycles. The zero-order valence-corrected chi connectivity index (χ0v) is 11.0. The van der Waals surface area contributed by atoms with E-state index in [1.807, 2.05) is 0 Å². The molecule has 2 heterocycles. The van der Waals surface area contributed by atoms with Gasteiger partial charge >= 0.3 is 12.1 Å². The maximum atomic E-state index is 12.2. The topological polar surface area (TPSA) is 59.3 Å². The summed E-state index contributed by atoms with van der Waals surface area (Å²) >= 11 is 0. The molecule has 0 aliphatic carbocycles. The van der Waals surface area contributed by atoms with E-state index in [2.05, 4.69) is 9.97 Å². The molecule has 3 aromatic rings. The van der Waals surface area contributed by atoms with Crippen LogP contribution in [0.1, 0.15) is 0 Å². The first-order chi connectivity index (χ1) is 10.4. The van der Waals surface area contributed by atoms with E-state index in [4.69, 9.17) is 0 Å². The van der Waals surface area contributed by atoms with Crippen LogP contribution in [0.5, 0.6) is 0 Å². The molecule has 0 bridgehead atoms. The zero-order valence-electron chi connectivity index (χ0n) is 11.0. The maximum absolute atomic E-state index is 12.2. The fraction of sp³-hybridized carbons (Fsp3) is 0.0714. The predicted molar refractivity (Wildman–Crippen MR) is 73.1 cm³/mol. The first-order valence-electron chi connectivity index (χ1n) is 6.22. The van der Waals surface area contributed by atoms with Crippen LogP contribution in [0.2, 0.25) is 0 Å². The van der Waals surface area contributed by atoms with Crippen LogP contribution in [-0.4, -0.2) is 26.5 Å². The van der Waals surface area contributed by atoms with Gasteiger partial charge in [0.05, 0.1) is 11.9 Å². The standard InChI is InChI=1S/C14H9F3N4O/c15-14(16,17)12(22)20-10-4-2-9(3-5-10)11-8-19-13-18-6-1-7-21(11)13/h1-8H,(H,20,22). The van der Waals surface area contributed by atoms with Gasteiger partial charge in [-0.2, -0.15) is 13.2 Å². The zero-order chi connectivity index (χ0) is 15.7. The van der Waals surface area contributed by atoms with Crippen LogP contribution in [0.4, 0.5) is 18.9 Å². The van der Waals surface area contributed by atoms with Crippen LogP contribution >= 0.6 is 0 Å². The average molecular weight is 306 g/mol. The molecule has 2 aromatic heterocycles. The maximum Gasteiger partial charge on any atom is 0.471 e. The number of imidazole rings is 1. The van der Waals surface area contributed by atoms with Crippen molar-refractivity contribution in [2.24, 2.45) is 0 Å². The molecular weight excluding hydrogens is 297 g/mol. The Kier molecular flexibility index (Phi) is 3.28. The van der Waals surface area contributed by atoms with Gasteiger partial charge in [0.1, 0.15) is 0 Å². The van der Waals surface area contributed by atoms with Gasteiger partial charge in [0, 0.05) is 23.6 Å². The molecule has 1 aromatic carbocycles. The molecule has 0 aliphatic rings. The highest BCUT2D eigenvalue weighted by molar-refractivity contribution is 5.95. The van der Waals surface area contributed by atoms with Crippen molar-refractivity contribution in [1.82, 2.24) is 14.4 Å². The minimum absolute atomic E-state index is 0.0676. The van der Waals surface area contributed by atoms with E-state index in [1.165, 1.54) is 12.1 Å². The summed E-state index contributed by atoms with van der Waals surface area (Å²) in [5, 5.41) is 1.79. The third kappa shape index (κ3) is 2.62. The minimum Gasteiger partial charge on any atom is -0.318 e. The van der Waals surface area contributed by atoms with Crippen molar-refractivity contribution < 1.29 is 18.0 Å². The number of carbonyl (C=O) groups excluding carboxylic acids is 1. The van der Waals surface area contributed by atoms with Gasteiger partial charge in [-0.25, -0.2) is 9.97 Å². The molecular formula is C14H9F3N4O. The highest BCUT2D eigenvalue weighted by Crippen LogP contribution is 2.23. The predicted octanol–water partition coefficient (Wildman–Crippen LogP) is 2.90. The molecule has 22 heavy (non-hydrogen) atoms. The van der Waals surface area contributed by atoms with E-state index in [1.54, 1.807) is 46.5 Å². The van der Waals surface area contributed by atoms with Crippen molar-refractivity contribution in [1.29, 1.82) is 0 Å². The third-order valence-electron chi connectivity index (χ3n) is 2.98. The van der Waals surface area contributed by atoms with Gasteiger partial charge in [0.15, 0.2) is 0 Å². The van der Waals surface area contributed by atoms with Crippen molar-refractivity contribution in [3.63, 3.8) is 0 Å². The number of anilines is 1. The molecule has 1 N–H and O–H groups in total. The fourth-order valence-electron chi connectivity index (χ4n) is 1.97. The van der Waals surface area contributed by atoms with E-state index in [9.17, 15) is 18.0 Å². The number of hydrogen-bond acceptors (Lipinski definition) is 3. The Balaban J connectivity index is 1.87. The normalized spacial score (nSPS) is 11.6. The Morgan fingerprint density at radius 1 is 1.14 bits per heavy atom. The lowest BCUT2D eigenvalue weighted by Gasteiger charge is -2.08. The molecule has 0 saturated heterocycles. The van der Waals surface area contributed by atoms with Crippen LogP contribution in [0.3, 0.4) is 0 Å². The smallest absolute Gasteiger partial charge is 0.318 e. The van der Waals surface area contributed by atoms with Gasteiger partial charge in [-0.15, -0.1) is 0 Å². The highest BCUT2D eigenvalue weighted by Gasteiger charge is 2.38. The summed E-state index contributed by atoms with van der Waals surface area (Å²) in [5.74, 6) is -1.48. The summed E-state index contributed by atoms with van der Waals surface area (Å²) < 4.78 is 38.3. The summed E-state index contributed by atoms with van der Waals surface area (Å²) in [6.45, 7) is 0. The monoisotopic (exact) mass is 306 g/mol. The Hall–Kier alpha value is -2.90. The van der Waals surface area contributed by atoms with E-state index in [-0.39, 0.29) is 5.69 Å².